The third-order valence-electron chi connectivity index (χ3n) is 5.11. The fraction of sp³-hybridized carbons (Fsp3) is 0.933. The molecule has 2 rings (SSSR count). The molecule has 0 atom stereocenters. The van der Waals surface area contributed by atoms with E-state index in [2.05, 4.69) is 19.2 Å². The van der Waals surface area contributed by atoms with Crippen molar-refractivity contribution >= 4 is 5.91 Å². The van der Waals surface area contributed by atoms with E-state index in [0.29, 0.717) is 18.0 Å². The first-order valence-corrected chi connectivity index (χ1v) is 7.49. The Balaban J connectivity index is 1.88. The van der Waals surface area contributed by atoms with Gasteiger partial charge in [-0.15, -0.1) is 0 Å². The van der Waals surface area contributed by atoms with E-state index in [1.807, 2.05) is 0 Å². The van der Waals surface area contributed by atoms with Gasteiger partial charge >= 0.3 is 0 Å². The van der Waals surface area contributed by atoms with E-state index in [9.17, 15) is 4.79 Å². The maximum Gasteiger partial charge on any atom is 0.227 e. The summed E-state index contributed by atoms with van der Waals surface area (Å²) < 4.78 is 0. The highest BCUT2D eigenvalue weighted by atomic mass is 16.2. The minimum Gasteiger partial charge on any atom is -0.353 e. The molecule has 104 valence electrons. The summed E-state index contributed by atoms with van der Waals surface area (Å²) in [6.45, 7) is 5.16. The molecule has 3 nitrogen and oxygen atoms in total. The monoisotopic (exact) mass is 252 g/mol. The van der Waals surface area contributed by atoms with Gasteiger partial charge in [-0.25, -0.2) is 0 Å². The largest absolute Gasteiger partial charge is 0.353 e. The minimum absolute atomic E-state index is 0.229. The molecule has 0 unspecified atom stereocenters. The van der Waals surface area contributed by atoms with Gasteiger partial charge in [-0.3, -0.25) is 4.79 Å². The predicted octanol–water partition coefficient (Wildman–Crippen LogP) is 2.59. The lowest BCUT2D eigenvalue weighted by atomic mass is 9.75. The SMILES string of the molecule is CC1(C)CCC(NC(=O)C2(CN)CCCC2)CC1. The van der Waals surface area contributed by atoms with E-state index in [4.69, 9.17) is 5.73 Å². The Morgan fingerprint density at radius 1 is 1.17 bits per heavy atom. The van der Waals surface area contributed by atoms with Crippen molar-refractivity contribution in [3.63, 3.8) is 0 Å². The maximum absolute atomic E-state index is 12.4. The molecule has 1 amide bonds. The number of carbonyl (C=O) groups is 1. The van der Waals surface area contributed by atoms with Crippen LogP contribution in [0, 0.1) is 10.8 Å². The second-order valence-electron chi connectivity index (χ2n) is 7.10. The topological polar surface area (TPSA) is 55.1 Å². The first-order chi connectivity index (χ1) is 8.47. The average Bonchev–Trinajstić information content (AvgIpc) is 2.82. The molecular weight excluding hydrogens is 224 g/mol. The van der Waals surface area contributed by atoms with Gasteiger partial charge in [-0.2, -0.15) is 0 Å². The van der Waals surface area contributed by atoms with E-state index < -0.39 is 0 Å². The van der Waals surface area contributed by atoms with Gasteiger partial charge in [0.15, 0.2) is 0 Å². The molecule has 0 aromatic carbocycles. The highest BCUT2D eigenvalue weighted by Gasteiger charge is 2.41. The second-order valence-corrected chi connectivity index (χ2v) is 7.10. The van der Waals surface area contributed by atoms with Gasteiger partial charge in [0.05, 0.1) is 5.41 Å². The first-order valence-electron chi connectivity index (χ1n) is 7.49. The van der Waals surface area contributed by atoms with Gasteiger partial charge in [-0.05, 0) is 43.9 Å². The molecule has 3 heteroatoms. The number of hydrogen-bond donors (Lipinski definition) is 2. The van der Waals surface area contributed by atoms with Gasteiger partial charge in [-0.1, -0.05) is 26.7 Å². The number of carbonyl (C=O) groups excluding carboxylic acids is 1. The van der Waals surface area contributed by atoms with E-state index >= 15 is 0 Å². The molecule has 0 radical (unpaired) electrons. The molecule has 0 bridgehead atoms. The minimum atomic E-state index is -0.243. The van der Waals surface area contributed by atoms with Crippen LogP contribution in [0.15, 0.2) is 0 Å². The summed E-state index contributed by atoms with van der Waals surface area (Å²) in [5.41, 5.74) is 6.07. The second kappa shape index (κ2) is 5.20. The van der Waals surface area contributed by atoms with Crippen molar-refractivity contribution in [1.82, 2.24) is 5.32 Å². The van der Waals surface area contributed by atoms with E-state index in [1.54, 1.807) is 0 Å². The van der Waals surface area contributed by atoms with Gasteiger partial charge in [0.1, 0.15) is 0 Å². The number of rotatable bonds is 3. The molecule has 0 saturated heterocycles. The Labute approximate surface area is 111 Å². The molecule has 0 aromatic rings. The Morgan fingerprint density at radius 3 is 2.22 bits per heavy atom. The summed E-state index contributed by atoms with van der Waals surface area (Å²) in [5, 5.41) is 3.27. The summed E-state index contributed by atoms with van der Waals surface area (Å²) >= 11 is 0. The molecule has 3 N–H and O–H groups in total. The lowest BCUT2D eigenvalue weighted by molar-refractivity contribution is -0.131. The fourth-order valence-electron chi connectivity index (χ4n) is 3.46. The molecular formula is C15H28N2O. The van der Waals surface area contributed by atoms with Crippen LogP contribution in [0.5, 0.6) is 0 Å². The van der Waals surface area contributed by atoms with Gasteiger partial charge < -0.3 is 11.1 Å². The number of nitrogens with one attached hydrogen (secondary N) is 1. The first kappa shape index (κ1) is 13.9. The lowest BCUT2D eigenvalue weighted by Crippen LogP contribution is -2.49. The van der Waals surface area contributed by atoms with Crippen LogP contribution >= 0.6 is 0 Å². The molecule has 2 aliphatic rings. The van der Waals surface area contributed by atoms with Crippen LogP contribution in [0.2, 0.25) is 0 Å². The predicted molar refractivity (Wildman–Crippen MR) is 74.1 cm³/mol. The standard InChI is InChI=1S/C15H28N2O/c1-14(2)9-5-12(6-10-14)17-13(18)15(11-16)7-3-4-8-15/h12H,3-11,16H2,1-2H3,(H,17,18). The van der Waals surface area contributed by atoms with Gasteiger partial charge in [0.25, 0.3) is 0 Å². The summed E-state index contributed by atoms with van der Waals surface area (Å²) in [6, 6.07) is 0.384. The highest BCUT2D eigenvalue weighted by molar-refractivity contribution is 5.83. The van der Waals surface area contributed by atoms with Crippen LogP contribution < -0.4 is 11.1 Å². The van der Waals surface area contributed by atoms with Crippen molar-refractivity contribution in [2.75, 3.05) is 6.54 Å². The summed E-state index contributed by atoms with van der Waals surface area (Å²) in [4.78, 5) is 12.4. The molecule has 2 aliphatic carbocycles. The smallest absolute Gasteiger partial charge is 0.227 e. The van der Waals surface area contributed by atoms with Crippen molar-refractivity contribution in [2.45, 2.75) is 71.3 Å². The molecule has 2 saturated carbocycles. The third-order valence-corrected chi connectivity index (χ3v) is 5.11. The van der Waals surface area contributed by atoms with Gasteiger partial charge in [0, 0.05) is 12.6 Å². The van der Waals surface area contributed by atoms with Crippen LogP contribution in [-0.2, 0) is 4.79 Å². The number of nitrogens with two attached hydrogens (primary N) is 1. The Kier molecular flexibility index (Phi) is 4.00. The van der Waals surface area contributed by atoms with Crippen molar-refractivity contribution < 1.29 is 4.79 Å². The number of amides is 1. The van der Waals surface area contributed by atoms with Crippen LogP contribution in [0.25, 0.3) is 0 Å². The van der Waals surface area contributed by atoms with Crippen LogP contribution in [-0.4, -0.2) is 18.5 Å². The summed E-state index contributed by atoms with van der Waals surface area (Å²) in [6.07, 6.45) is 8.95. The molecule has 0 spiro atoms. The van der Waals surface area contributed by atoms with Crippen molar-refractivity contribution in [3.8, 4) is 0 Å². The van der Waals surface area contributed by atoms with Crippen molar-refractivity contribution in [1.29, 1.82) is 0 Å². The molecule has 0 heterocycles. The lowest BCUT2D eigenvalue weighted by Gasteiger charge is -2.36. The average molecular weight is 252 g/mol. The third kappa shape index (κ3) is 2.87. The fourth-order valence-corrected chi connectivity index (χ4v) is 3.46. The van der Waals surface area contributed by atoms with E-state index in [0.717, 1.165) is 38.5 Å². The zero-order valence-electron chi connectivity index (χ0n) is 11.9. The van der Waals surface area contributed by atoms with E-state index in [-0.39, 0.29) is 11.3 Å². The molecule has 0 aliphatic heterocycles. The Bertz CT molecular complexity index is 296. The van der Waals surface area contributed by atoms with Crippen LogP contribution in [0.1, 0.15) is 65.2 Å². The quantitative estimate of drug-likeness (QED) is 0.811. The van der Waals surface area contributed by atoms with E-state index in [1.165, 1.54) is 12.8 Å². The zero-order chi connectivity index (χ0) is 13.2. The maximum atomic E-state index is 12.4. The molecule has 18 heavy (non-hydrogen) atoms. The van der Waals surface area contributed by atoms with Crippen LogP contribution in [0.3, 0.4) is 0 Å². The van der Waals surface area contributed by atoms with Gasteiger partial charge in [0.2, 0.25) is 5.91 Å². The molecule has 0 aromatic heterocycles. The summed E-state index contributed by atoms with van der Waals surface area (Å²) in [7, 11) is 0. The molecule has 2 fully saturated rings. The Morgan fingerprint density at radius 2 is 1.72 bits per heavy atom. The zero-order valence-corrected chi connectivity index (χ0v) is 11.9. The Hall–Kier alpha value is -0.570. The van der Waals surface area contributed by atoms with Crippen molar-refractivity contribution in [3.05, 3.63) is 0 Å². The van der Waals surface area contributed by atoms with Crippen molar-refractivity contribution in [2.24, 2.45) is 16.6 Å². The normalized spacial score (nSPS) is 27.1. The van der Waals surface area contributed by atoms with Crippen LogP contribution in [0.4, 0.5) is 0 Å². The number of hydrogen-bond acceptors (Lipinski definition) is 2. The summed E-state index contributed by atoms with van der Waals surface area (Å²) in [5.74, 6) is 0.229. The highest BCUT2D eigenvalue weighted by Crippen LogP contribution is 2.39.